The zero-order chi connectivity index (χ0) is 11.0. The van der Waals surface area contributed by atoms with Gasteiger partial charge in [-0.25, -0.2) is 8.78 Å². The summed E-state index contributed by atoms with van der Waals surface area (Å²) in [5.41, 5.74) is -0.123. The summed E-state index contributed by atoms with van der Waals surface area (Å²) in [4.78, 5) is 0. The van der Waals surface area contributed by atoms with Gasteiger partial charge in [-0.15, -0.1) is 0 Å². The first-order valence-corrected chi connectivity index (χ1v) is 4.99. The molecule has 78 valence electrons. The first-order valence-electron chi connectivity index (χ1n) is 3.48. The van der Waals surface area contributed by atoms with Crippen molar-refractivity contribution in [2.75, 3.05) is 0 Å². The molecule has 0 nitrogen and oxygen atoms in total. The van der Waals surface area contributed by atoms with Crippen molar-refractivity contribution in [2.45, 2.75) is 13.3 Å². The molecule has 1 rings (SSSR count). The van der Waals surface area contributed by atoms with E-state index in [1.54, 1.807) is 6.92 Å². The molecule has 0 bridgehead atoms. The molecule has 14 heavy (non-hydrogen) atoms. The lowest BCUT2D eigenvalue weighted by Gasteiger charge is -2.12. The molecule has 0 atom stereocenters. The average Bonchev–Trinajstić information content (AvgIpc) is 2.11. The van der Waals surface area contributed by atoms with Gasteiger partial charge in [-0.2, -0.15) is 0 Å². The molecule has 0 spiro atoms. The van der Waals surface area contributed by atoms with Crippen molar-refractivity contribution in [2.24, 2.45) is 0 Å². The van der Waals surface area contributed by atoms with Gasteiger partial charge in [0.15, 0.2) is 0 Å². The summed E-state index contributed by atoms with van der Waals surface area (Å²) in [6, 6.07) is 0. The Morgan fingerprint density at radius 3 is 1.50 bits per heavy atom. The van der Waals surface area contributed by atoms with Crippen LogP contribution in [0.4, 0.5) is 8.78 Å². The largest absolute Gasteiger partial charge is 0.266 e. The van der Waals surface area contributed by atoms with Crippen molar-refractivity contribution in [3.8, 4) is 0 Å². The summed E-state index contributed by atoms with van der Waals surface area (Å²) in [6.07, 6.45) is -2.80. The van der Waals surface area contributed by atoms with Crippen molar-refractivity contribution in [3.05, 3.63) is 31.2 Å². The second-order valence-corrected chi connectivity index (χ2v) is 4.11. The Morgan fingerprint density at radius 2 is 1.21 bits per heavy atom. The van der Waals surface area contributed by atoms with Gasteiger partial charge in [0.05, 0.1) is 25.7 Å². The molecule has 0 fully saturated rings. The van der Waals surface area contributed by atoms with E-state index in [1.807, 2.05) is 0 Å². The van der Waals surface area contributed by atoms with Crippen LogP contribution in [-0.4, -0.2) is 0 Å². The van der Waals surface area contributed by atoms with Crippen molar-refractivity contribution in [3.63, 3.8) is 0 Å². The third-order valence-corrected chi connectivity index (χ3v) is 3.66. The van der Waals surface area contributed by atoms with E-state index < -0.39 is 12.0 Å². The molecule has 0 aromatic heterocycles. The number of rotatable bonds is 1. The van der Waals surface area contributed by atoms with E-state index in [4.69, 9.17) is 46.4 Å². The summed E-state index contributed by atoms with van der Waals surface area (Å²) in [5.74, 6) is 0. The second-order valence-electron chi connectivity index (χ2n) is 2.60. The molecular formula is C8H4Cl4F2. The van der Waals surface area contributed by atoms with E-state index in [1.165, 1.54) is 0 Å². The zero-order valence-corrected chi connectivity index (χ0v) is 9.87. The van der Waals surface area contributed by atoms with Crippen molar-refractivity contribution in [1.82, 2.24) is 0 Å². The quantitative estimate of drug-likeness (QED) is 0.592. The summed E-state index contributed by atoms with van der Waals surface area (Å²) in [5, 5.41) is -0.463. The number of benzene rings is 1. The molecule has 0 radical (unpaired) electrons. The van der Waals surface area contributed by atoms with Crippen LogP contribution in [-0.2, 0) is 0 Å². The van der Waals surface area contributed by atoms with Crippen LogP contribution in [0.3, 0.4) is 0 Å². The molecule has 1 aromatic carbocycles. The molecule has 0 heterocycles. The summed E-state index contributed by atoms with van der Waals surface area (Å²) < 4.78 is 25.0. The first-order chi connectivity index (χ1) is 6.37. The van der Waals surface area contributed by atoms with E-state index >= 15 is 0 Å². The smallest absolute Gasteiger partial charge is 0.205 e. The van der Waals surface area contributed by atoms with Crippen LogP contribution in [0.15, 0.2) is 0 Å². The molecule has 0 amide bonds. The zero-order valence-electron chi connectivity index (χ0n) is 6.85. The second kappa shape index (κ2) is 4.40. The van der Waals surface area contributed by atoms with E-state index in [-0.39, 0.29) is 20.1 Å². The Morgan fingerprint density at radius 1 is 0.857 bits per heavy atom. The summed E-state index contributed by atoms with van der Waals surface area (Å²) in [7, 11) is 0. The Labute approximate surface area is 99.7 Å². The minimum Gasteiger partial charge on any atom is -0.205 e. The molecule has 0 aliphatic carbocycles. The lowest BCUT2D eigenvalue weighted by atomic mass is 10.1. The Balaban J connectivity index is 3.60. The van der Waals surface area contributed by atoms with Crippen LogP contribution in [0.1, 0.15) is 17.6 Å². The summed E-state index contributed by atoms with van der Waals surface area (Å²) in [6.45, 7) is 1.55. The number of hydrogen-bond acceptors (Lipinski definition) is 0. The molecule has 0 aliphatic heterocycles. The maximum absolute atomic E-state index is 12.5. The van der Waals surface area contributed by atoms with E-state index in [0.29, 0.717) is 5.56 Å². The fourth-order valence-electron chi connectivity index (χ4n) is 0.950. The molecule has 0 aliphatic rings. The van der Waals surface area contributed by atoms with Crippen molar-refractivity contribution >= 4 is 46.4 Å². The maximum atomic E-state index is 12.5. The van der Waals surface area contributed by atoms with Crippen LogP contribution in [0.25, 0.3) is 0 Å². The van der Waals surface area contributed by atoms with Crippen LogP contribution < -0.4 is 0 Å². The van der Waals surface area contributed by atoms with Crippen molar-refractivity contribution in [1.29, 1.82) is 0 Å². The topological polar surface area (TPSA) is 0 Å². The van der Waals surface area contributed by atoms with Crippen LogP contribution >= 0.6 is 46.4 Å². The highest BCUT2D eigenvalue weighted by Crippen LogP contribution is 2.44. The number of alkyl halides is 2. The highest BCUT2D eigenvalue weighted by atomic mass is 35.5. The highest BCUT2D eigenvalue weighted by Gasteiger charge is 2.23. The predicted octanol–water partition coefficient (Wildman–Crippen LogP) is 5.55. The van der Waals surface area contributed by atoms with Gasteiger partial charge in [0.2, 0.25) is 0 Å². The molecule has 0 saturated heterocycles. The van der Waals surface area contributed by atoms with Crippen LogP contribution in [0.5, 0.6) is 0 Å². The summed E-state index contributed by atoms with van der Waals surface area (Å²) >= 11 is 22.6. The van der Waals surface area contributed by atoms with E-state index in [0.717, 1.165) is 0 Å². The standard InChI is InChI=1S/C8H4Cl4F2/c1-2-4(9)6(11)3(8(13)14)7(12)5(2)10/h8H,1H3. The third-order valence-electron chi connectivity index (χ3n) is 1.74. The lowest BCUT2D eigenvalue weighted by molar-refractivity contribution is 0.151. The molecule has 6 heteroatoms. The maximum Gasteiger partial charge on any atom is 0.266 e. The van der Waals surface area contributed by atoms with Crippen LogP contribution in [0.2, 0.25) is 20.1 Å². The van der Waals surface area contributed by atoms with Gasteiger partial charge in [-0.05, 0) is 12.5 Å². The van der Waals surface area contributed by atoms with Crippen LogP contribution in [0, 0.1) is 6.92 Å². The van der Waals surface area contributed by atoms with Gasteiger partial charge >= 0.3 is 0 Å². The Kier molecular flexibility index (Phi) is 3.87. The molecular weight excluding hydrogens is 276 g/mol. The first kappa shape index (κ1) is 12.3. The minimum atomic E-state index is -2.80. The third kappa shape index (κ3) is 1.94. The minimum absolute atomic E-state index is 0.0105. The number of hydrogen-bond donors (Lipinski definition) is 0. The van der Waals surface area contributed by atoms with Gasteiger partial charge < -0.3 is 0 Å². The molecule has 1 aromatic rings. The van der Waals surface area contributed by atoms with Crippen molar-refractivity contribution < 1.29 is 8.78 Å². The van der Waals surface area contributed by atoms with Gasteiger partial charge in [-0.1, -0.05) is 46.4 Å². The SMILES string of the molecule is Cc1c(Cl)c(Cl)c(C(F)F)c(Cl)c1Cl. The highest BCUT2D eigenvalue weighted by molar-refractivity contribution is 6.48. The fraction of sp³-hybridized carbons (Fsp3) is 0.250. The Hall–Kier alpha value is 0.240. The predicted molar refractivity (Wildman–Crippen MR) is 56.2 cm³/mol. The van der Waals surface area contributed by atoms with Gasteiger partial charge in [0, 0.05) is 0 Å². The fourth-order valence-corrected chi connectivity index (χ4v) is 2.08. The lowest BCUT2D eigenvalue weighted by Crippen LogP contribution is -1.93. The Bertz CT molecular complexity index is 347. The monoisotopic (exact) mass is 278 g/mol. The van der Waals surface area contributed by atoms with Gasteiger partial charge in [0.25, 0.3) is 6.43 Å². The molecule has 0 N–H and O–H groups in total. The number of halogens is 6. The van der Waals surface area contributed by atoms with E-state index in [9.17, 15) is 8.78 Å². The normalized spacial score (nSPS) is 11.1. The average molecular weight is 280 g/mol. The van der Waals surface area contributed by atoms with E-state index in [2.05, 4.69) is 0 Å². The molecule has 0 saturated carbocycles. The molecule has 0 unspecified atom stereocenters. The van der Waals surface area contributed by atoms with Gasteiger partial charge in [-0.3, -0.25) is 0 Å². The van der Waals surface area contributed by atoms with Gasteiger partial charge in [0.1, 0.15) is 0 Å².